The van der Waals surface area contributed by atoms with Crippen molar-refractivity contribution in [1.29, 1.82) is 0 Å². The quantitative estimate of drug-likeness (QED) is 0.800. The highest BCUT2D eigenvalue weighted by atomic mass is 32.2. The van der Waals surface area contributed by atoms with Crippen molar-refractivity contribution in [2.24, 2.45) is 0 Å². The number of hydrogen-bond acceptors (Lipinski definition) is 5. The van der Waals surface area contributed by atoms with E-state index in [2.05, 4.69) is 10.3 Å². The van der Waals surface area contributed by atoms with Crippen LogP contribution in [-0.2, 0) is 9.31 Å². The zero-order chi connectivity index (χ0) is 16.0. The highest BCUT2D eigenvalue weighted by Crippen LogP contribution is 2.39. The Bertz CT molecular complexity index is 568. The third-order valence-corrected chi connectivity index (χ3v) is 5.72. The van der Waals surface area contributed by atoms with Crippen LogP contribution in [-0.4, -0.2) is 44.8 Å². The minimum absolute atomic E-state index is 0.361. The van der Waals surface area contributed by atoms with Crippen LogP contribution in [0.4, 0.5) is 4.39 Å². The van der Waals surface area contributed by atoms with E-state index in [1.54, 1.807) is 6.20 Å². The molecule has 2 aliphatic rings. The van der Waals surface area contributed by atoms with Gasteiger partial charge in [-0.15, -0.1) is 5.10 Å². The van der Waals surface area contributed by atoms with Crippen molar-refractivity contribution in [2.45, 2.75) is 51.4 Å². The first-order chi connectivity index (χ1) is 10.3. The lowest BCUT2D eigenvalue weighted by atomic mass is 9.87. The molecule has 3 heterocycles. The molecule has 22 heavy (non-hydrogen) atoms. The third-order valence-electron chi connectivity index (χ3n) is 4.57. The molecular weight excluding hydrogens is 304 g/mol. The van der Waals surface area contributed by atoms with Gasteiger partial charge in [0.25, 0.3) is 0 Å². The van der Waals surface area contributed by atoms with E-state index in [0.29, 0.717) is 11.7 Å². The van der Waals surface area contributed by atoms with Crippen molar-refractivity contribution < 1.29 is 13.7 Å². The van der Waals surface area contributed by atoms with Crippen molar-refractivity contribution in [1.82, 2.24) is 15.0 Å². The molecule has 2 aliphatic heterocycles. The fraction of sp³-hybridized carbons (Fsp3) is 0.714. The predicted molar refractivity (Wildman–Crippen MR) is 86.2 cm³/mol. The molecule has 5 nitrogen and oxygen atoms in total. The van der Waals surface area contributed by atoms with Gasteiger partial charge in [0, 0.05) is 5.75 Å². The summed E-state index contributed by atoms with van der Waals surface area (Å²) in [5.74, 6) is 2.17. The van der Waals surface area contributed by atoms with Gasteiger partial charge in [0.15, 0.2) is 0 Å². The summed E-state index contributed by atoms with van der Waals surface area (Å²) in [6.07, 6.45) is 4.20. The Morgan fingerprint density at radius 3 is 2.68 bits per heavy atom. The van der Waals surface area contributed by atoms with Crippen LogP contribution in [0, 0.1) is 0 Å². The summed E-state index contributed by atoms with van der Waals surface area (Å²) in [5, 5.41) is 8.12. The maximum Gasteiger partial charge on any atom is 0.525 e. The van der Waals surface area contributed by atoms with Crippen molar-refractivity contribution in [3.05, 3.63) is 17.6 Å². The number of thioether (sulfide) groups is 1. The second-order valence-corrected chi connectivity index (χ2v) is 7.91. The number of rotatable bonds is 3. The molecule has 0 amide bonds. The van der Waals surface area contributed by atoms with Crippen LogP contribution in [0.15, 0.2) is 11.9 Å². The van der Waals surface area contributed by atoms with E-state index < -0.39 is 24.0 Å². The van der Waals surface area contributed by atoms with E-state index in [1.807, 2.05) is 44.1 Å². The lowest BCUT2D eigenvalue weighted by molar-refractivity contribution is 0.00578. The maximum absolute atomic E-state index is 14.4. The lowest BCUT2D eigenvalue weighted by Crippen LogP contribution is -2.41. The molecule has 1 aromatic rings. The van der Waals surface area contributed by atoms with Gasteiger partial charge in [-0.3, -0.25) is 0 Å². The smallest absolute Gasteiger partial charge is 0.398 e. The standard InChI is InChI=1S/C14H21BFN3O2S/c1-13(2)14(3,4)21-15(20-13)12(16)7-10-8-19(18-17-10)11-5-6-22-9-11/h7-8,11H,5-6,9H2,1-4H3. The maximum atomic E-state index is 14.4. The monoisotopic (exact) mass is 325 g/mol. The molecule has 1 aromatic heterocycles. The van der Waals surface area contributed by atoms with Gasteiger partial charge in [-0.2, -0.15) is 11.8 Å². The van der Waals surface area contributed by atoms with E-state index in [4.69, 9.17) is 9.31 Å². The van der Waals surface area contributed by atoms with Gasteiger partial charge in [0.2, 0.25) is 0 Å². The average molecular weight is 325 g/mol. The zero-order valence-electron chi connectivity index (χ0n) is 13.4. The van der Waals surface area contributed by atoms with Crippen LogP contribution in [0.1, 0.15) is 45.9 Å². The molecule has 0 N–H and O–H groups in total. The molecule has 0 aromatic carbocycles. The SMILES string of the molecule is CC1(C)OB(C(F)=Cc2cn(C3CCSC3)nn2)OC1(C)C. The van der Waals surface area contributed by atoms with Crippen LogP contribution in [0.5, 0.6) is 0 Å². The normalized spacial score (nSPS) is 27.6. The lowest BCUT2D eigenvalue weighted by Gasteiger charge is -2.32. The van der Waals surface area contributed by atoms with E-state index in [9.17, 15) is 4.39 Å². The first-order valence-corrected chi connectivity index (χ1v) is 8.66. The number of nitrogens with zero attached hydrogens (tertiary/aromatic N) is 3. The summed E-state index contributed by atoms with van der Waals surface area (Å²) in [5.41, 5.74) is -1.10. The molecule has 3 rings (SSSR count). The Labute approximate surface area is 134 Å². The van der Waals surface area contributed by atoms with E-state index in [-0.39, 0.29) is 0 Å². The summed E-state index contributed by atoms with van der Waals surface area (Å²) < 4.78 is 27.6. The molecule has 0 bridgehead atoms. The van der Waals surface area contributed by atoms with Gasteiger partial charge < -0.3 is 9.31 Å². The van der Waals surface area contributed by atoms with Gasteiger partial charge in [-0.05, 0) is 45.9 Å². The molecule has 0 aliphatic carbocycles. The summed E-state index contributed by atoms with van der Waals surface area (Å²) in [4.78, 5) is 0. The van der Waals surface area contributed by atoms with Crippen LogP contribution >= 0.6 is 11.8 Å². The van der Waals surface area contributed by atoms with Crippen LogP contribution in [0.2, 0.25) is 0 Å². The molecule has 1 unspecified atom stereocenters. The summed E-state index contributed by atoms with van der Waals surface area (Å²) in [7, 11) is -0.989. The Morgan fingerprint density at radius 2 is 2.09 bits per heavy atom. The molecule has 1 atom stereocenters. The van der Waals surface area contributed by atoms with Crippen molar-refractivity contribution in [3.63, 3.8) is 0 Å². The minimum Gasteiger partial charge on any atom is -0.398 e. The molecule has 2 saturated heterocycles. The summed E-state index contributed by atoms with van der Waals surface area (Å²) >= 11 is 1.90. The molecule has 0 spiro atoms. The Hall–Kier alpha value is -0.855. The highest BCUT2D eigenvalue weighted by molar-refractivity contribution is 7.99. The van der Waals surface area contributed by atoms with Crippen molar-refractivity contribution in [2.75, 3.05) is 11.5 Å². The van der Waals surface area contributed by atoms with E-state index in [0.717, 1.165) is 17.9 Å². The van der Waals surface area contributed by atoms with Gasteiger partial charge in [0.1, 0.15) is 11.4 Å². The molecule has 0 radical (unpaired) electrons. The second kappa shape index (κ2) is 5.65. The summed E-state index contributed by atoms with van der Waals surface area (Å²) in [6, 6.07) is 0.361. The molecule has 2 fully saturated rings. The van der Waals surface area contributed by atoms with Crippen LogP contribution < -0.4 is 0 Å². The first kappa shape index (κ1) is 16.0. The number of aromatic nitrogens is 3. The number of hydrogen-bond donors (Lipinski definition) is 0. The van der Waals surface area contributed by atoms with Crippen LogP contribution in [0.3, 0.4) is 0 Å². The zero-order valence-corrected chi connectivity index (χ0v) is 14.2. The van der Waals surface area contributed by atoms with Crippen molar-refractivity contribution in [3.8, 4) is 0 Å². The minimum atomic E-state index is -0.989. The Morgan fingerprint density at radius 1 is 1.41 bits per heavy atom. The topological polar surface area (TPSA) is 49.2 Å². The molecule has 0 saturated carbocycles. The van der Waals surface area contributed by atoms with Gasteiger partial charge in [-0.1, -0.05) is 5.21 Å². The largest absolute Gasteiger partial charge is 0.525 e. The van der Waals surface area contributed by atoms with Gasteiger partial charge >= 0.3 is 7.12 Å². The van der Waals surface area contributed by atoms with Gasteiger partial charge in [-0.25, -0.2) is 9.07 Å². The van der Waals surface area contributed by atoms with E-state index >= 15 is 0 Å². The predicted octanol–water partition coefficient (Wildman–Crippen LogP) is 2.90. The van der Waals surface area contributed by atoms with E-state index in [1.165, 1.54) is 6.08 Å². The number of halogens is 1. The molecular formula is C14H21BFN3O2S. The first-order valence-electron chi connectivity index (χ1n) is 7.51. The fourth-order valence-corrected chi connectivity index (χ4v) is 3.63. The second-order valence-electron chi connectivity index (χ2n) is 6.76. The average Bonchev–Trinajstić information content (AvgIpc) is 3.09. The third kappa shape index (κ3) is 2.96. The summed E-state index contributed by atoms with van der Waals surface area (Å²) in [6.45, 7) is 7.59. The van der Waals surface area contributed by atoms with Crippen LogP contribution in [0.25, 0.3) is 6.08 Å². The highest BCUT2D eigenvalue weighted by Gasteiger charge is 2.53. The molecule has 8 heteroatoms. The van der Waals surface area contributed by atoms with Gasteiger partial charge in [0.05, 0.1) is 23.4 Å². The Kier molecular flexibility index (Phi) is 4.12. The fourth-order valence-electron chi connectivity index (χ4n) is 2.43. The Balaban J connectivity index is 1.72. The molecule has 120 valence electrons. The van der Waals surface area contributed by atoms with Crippen molar-refractivity contribution >= 4 is 25.0 Å².